The Kier molecular flexibility index (Phi) is 2.76. The largest absolute Gasteiger partial charge is 0.305 e. The zero-order valence-corrected chi connectivity index (χ0v) is 9.19. The number of hydrogen-bond donors (Lipinski definition) is 1. The molecule has 1 N–H and O–H groups in total. The highest BCUT2D eigenvalue weighted by Gasteiger charge is 2.08. The molecule has 0 saturated heterocycles. The molecular formula is C11H12N4O. The average molecular weight is 216 g/mol. The summed E-state index contributed by atoms with van der Waals surface area (Å²) in [6.45, 7) is 3.74. The zero-order chi connectivity index (χ0) is 11.5. The van der Waals surface area contributed by atoms with E-state index in [1.54, 1.807) is 25.5 Å². The summed E-state index contributed by atoms with van der Waals surface area (Å²) in [5, 5.41) is 0. The normalized spacial score (nSPS) is 10.4. The highest BCUT2D eigenvalue weighted by molar-refractivity contribution is 5.47. The van der Waals surface area contributed by atoms with Gasteiger partial charge in [0.1, 0.15) is 5.69 Å². The van der Waals surface area contributed by atoms with Crippen molar-refractivity contribution in [1.82, 2.24) is 19.9 Å². The molecule has 5 heteroatoms. The van der Waals surface area contributed by atoms with Crippen LogP contribution in [0.25, 0.3) is 11.5 Å². The van der Waals surface area contributed by atoms with Gasteiger partial charge in [0.25, 0.3) is 5.56 Å². The monoisotopic (exact) mass is 216 g/mol. The maximum Gasteiger partial charge on any atom is 0.254 e. The molecule has 0 amide bonds. The van der Waals surface area contributed by atoms with Gasteiger partial charge < -0.3 is 4.98 Å². The first-order chi connectivity index (χ1) is 7.72. The fraction of sp³-hybridized carbons (Fsp3) is 0.273. The molecule has 0 radical (unpaired) electrons. The molecule has 0 aromatic carbocycles. The van der Waals surface area contributed by atoms with Crippen molar-refractivity contribution in [3.63, 3.8) is 0 Å². The van der Waals surface area contributed by atoms with Gasteiger partial charge in [-0.1, -0.05) is 6.92 Å². The van der Waals surface area contributed by atoms with Crippen molar-refractivity contribution in [1.29, 1.82) is 0 Å². The van der Waals surface area contributed by atoms with Gasteiger partial charge in [-0.05, 0) is 13.3 Å². The van der Waals surface area contributed by atoms with Crippen LogP contribution in [0.1, 0.15) is 18.2 Å². The van der Waals surface area contributed by atoms with Crippen LogP contribution in [0, 0.1) is 6.92 Å². The standard InChI is InChI=1S/C11H12N4O/c1-3-8-7(2)11(16)15-10(14-8)9-6-12-4-5-13-9/h4-6H,3H2,1-2H3,(H,14,15,16). The molecule has 0 aliphatic rings. The van der Waals surface area contributed by atoms with Crippen LogP contribution in [0.15, 0.2) is 23.4 Å². The summed E-state index contributed by atoms with van der Waals surface area (Å²) in [5.74, 6) is 0.473. The molecule has 0 fully saturated rings. The number of rotatable bonds is 2. The molecule has 0 aliphatic carbocycles. The molecule has 16 heavy (non-hydrogen) atoms. The zero-order valence-electron chi connectivity index (χ0n) is 9.19. The van der Waals surface area contributed by atoms with Crippen LogP contribution in [0.3, 0.4) is 0 Å². The van der Waals surface area contributed by atoms with Gasteiger partial charge in [-0.3, -0.25) is 9.78 Å². The van der Waals surface area contributed by atoms with Crippen LogP contribution in [0.4, 0.5) is 0 Å². The Labute approximate surface area is 92.6 Å². The minimum Gasteiger partial charge on any atom is -0.305 e. The number of aryl methyl sites for hydroxylation is 1. The van der Waals surface area contributed by atoms with Crippen LogP contribution in [-0.4, -0.2) is 19.9 Å². The summed E-state index contributed by atoms with van der Waals surface area (Å²) in [7, 11) is 0. The maximum absolute atomic E-state index is 11.6. The van der Waals surface area contributed by atoms with Crippen LogP contribution >= 0.6 is 0 Å². The Morgan fingerprint density at radius 1 is 1.38 bits per heavy atom. The first-order valence-electron chi connectivity index (χ1n) is 5.08. The van der Waals surface area contributed by atoms with Crippen molar-refractivity contribution in [3.8, 4) is 11.5 Å². The Bertz CT molecular complexity index is 548. The van der Waals surface area contributed by atoms with Crippen LogP contribution < -0.4 is 5.56 Å². The van der Waals surface area contributed by atoms with Crippen LogP contribution in [0.5, 0.6) is 0 Å². The minimum absolute atomic E-state index is 0.118. The van der Waals surface area contributed by atoms with Crippen molar-refractivity contribution in [2.45, 2.75) is 20.3 Å². The summed E-state index contributed by atoms with van der Waals surface area (Å²) < 4.78 is 0. The predicted molar refractivity (Wildman–Crippen MR) is 60.0 cm³/mol. The lowest BCUT2D eigenvalue weighted by Crippen LogP contribution is -2.16. The van der Waals surface area contributed by atoms with E-state index in [0.717, 1.165) is 12.1 Å². The number of nitrogens with one attached hydrogen (secondary N) is 1. The second-order valence-corrected chi connectivity index (χ2v) is 3.43. The lowest BCUT2D eigenvalue weighted by Gasteiger charge is -2.04. The molecular weight excluding hydrogens is 204 g/mol. The molecule has 0 spiro atoms. The summed E-state index contributed by atoms with van der Waals surface area (Å²) in [6.07, 6.45) is 5.45. The van der Waals surface area contributed by atoms with Crippen molar-refractivity contribution in [2.75, 3.05) is 0 Å². The third-order valence-electron chi connectivity index (χ3n) is 2.39. The quantitative estimate of drug-likeness (QED) is 0.815. The van der Waals surface area contributed by atoms with Gasteiger partial charge in [0.15, 0.2) is 5.82 Å². The predicted octanol–water partition coefficient (Wildman–Crippen LogP) is 1.10. The van der Waals surface area contributed by atoms with Gasteiger partial charge in [0.05, 0.1) is 11.9 Å². The van der Waals surface area contributed by atoms with Crippen LogP contribution in [-0.2, 0) is 6.42 Å². The summed E-state index contributed by atoms with van der Waals surface area (Å²) in [4.78, 5) is 26.8. The van der Waals surface area contributed by atoms with Gasteiger partial charge in [0, 0.05) is 18.0 Å². The molecule has 2 aromatic heterocycles. The number of aromatic amines is 1. The topological polar surface area (TPSA) is 71.5 Å². The smallest absolute Gasteiger partial charge is 0.254 e. The van der Waals surface area contributed by atoms with E-state index in [-0.39, 0.29) is 5.56 Å². The first-order valence-corrected chi connectivity index (χ1v) is 5.08. The molecule has 0 unspecified atom stereocenters. The summed E-state index contributed by atoms with van der Waals surface area (Å²) in [6, 6.07) is 0. The fourth-order valence-electron chi connectivity index (χ4n) is 1.47. The van der Waals surface area contributed by atoms with E-state index < -0.39 is 0 Å². The number of nitrogens with zero attached hydrogens (tertiary/aromatic N) is 3. The van der Waals surface area contributed by atoms with E-state index in [1.165, 1.54) is 0 Å². The molecule has 5 nitrogen and oxygen atoms in total. The molecule has 0 aliphatic heterocycles. The molecule has 0 bridgehead atoms. The Hall–Kier alpha value is -2.04. The third-order valence-corrected chi connectivity index (χ3v) is 2.39. The molecule has 2 aromatic rings. The first kappa shape index (κ1) is 10.5. The molecule has 0 saturated carbocycles. The molecule has 0 atom stereocenters. The number of H-pyrrole nitrogens is 1. The summed E-state index contributed by atoms with van der Waals surface area (Å²) >= 11 is 0. The molecule has 2 heterocycles. The van der Waals surface area contributed by atoms with Gasteiger partial charge >= 0.3 is 0 Å². The minimum atomic E-state index is -0.118. The SMILES string of the molecule is CCc1nc(-c2cnccn2)[nH]c(=O)c1C. The average Bonchev–Trinajstić information content (AvgIpc) is 2.33. The van der Waals surface area contributed by atoms with E-state index >= 15 is 0 Å². The second kappa shape index (κ2) is 4.22. The Morgan fingerprint density at radius 2 is 2.19 bits per heavy atom. The van der Waals surface area contributed by atoms with E-state index in [9.17, 15) is 4.79 Å². The van der Waals surface area contributed by atoms with Crippen molar-refractivity contribution < 1.29 is 0 Å². The van der Waals surface area contributed by atoms with E-state index in [0.29, 0.717) is 17.1 Å². The van der Waals surface area contributed by atoms with Gasteiger partial charge in [-0.2, -0.15) is 0 Å². The van der Waals surface area contributed by atoms with Gasteiger partial charge in [0.2, 0.25) is 0 Å². The lowest BCUT2D eigenvalue weighted by molar-refractivity contribution is 0.946. The second-order valence-electron chi connectivity index (χ2n) is 3.43. The fourth-order valence-corrected chi connectivity index (χ4v) is 1.47. The van der Waals surface area contributed by atoms with Crippen molar-refractivity contribution in [3.05, 3.63) is 40.2 Å². The molecule has 82 valence electrons. The van der Waals surface area contributed by atoms with Gasteiger partial charge in [-0.25, -0.2) is 9.97 Å². The van der Waals surface area contributed by atoms with Crippen molar-refractivity contribution >= 4 is 0 Å². The summed E-state index contributed by atoms with van der Waals surface area (Å²) in [5.41, 5.74) is 1.92. The van der Waals surface area contributed by atoms with E-state index in [4.69, 9.17) is 0 Å². The van der Waals surface area contributed by atoms with Gasteiger partial charge in [-0.15, -0.1) is 0 Å². The lowest BCUT2D eigenvalue weighted by atomic mass is 10.2. The number of aromatic nitrogens is 4. The highest BCUT2D eigenvalue weighted by Crippen LogP contribution is 2.09. The van der Waals surface area contributed by atoms with Crippen molar-refractivity contribution in [2.24, 2.45) is 0 Å². The van der Waals surface area contributed by atoms with E-state index in [2.05, 4.69) is 19.9 Å². The van der Waals surface area contributed by atoms with E-state index in [1.807, 2.05) is 6.92 Å². The number of hydrogen-bond acceptors (Lipinski definition) is 4. The third kappa shape index (κ3) is 1.84. The Balaban J connectivity index is 2.60. The maximum atomic E-state index is 11.6. The molecule has 2 rings (SSSR count). The Morgan fingerprint density at radius 3 is 2.81 bits per heavy atom. The highest BCUT2D eigenvalue weighted by atomic mass is 16.1. The van der Waals surface area contributed by atoms with Crippen LogP contribution in [0.2, 0.25) is 0 Å².